The van der Waals surface area contributed by atoms with Gasteiger partial charge in [0.2, 0.25) is 15.9 Å². The zero-order valence-electron chi connectivity index (χ0n) is 20.3. The smallest absolute Gasteiger partial charge is 0.243 e. The number of hydrazone groups is 1. The van der Waals surface area contributed by atoms with E-state index in [2.05, 4.69) is 15.1 Å². The van der Waals surface area contributed by atoms with Crippen molar-refractivity contribution in [2.24, 2.45) is 11.0 Å². The van der Waals surface area contributed by atoms with Crippen molar-refractivity contribution in [3.05, 3.63) is 47.3 Å². The summed E-state index contributed by atoms with van der Waals surface area (Å²) < 4.78 is 40.0. The second-order valence-electron chi connectivity index (χ2n) is 8.29. The van der Waals surface area contributed by atoms with Crippen LogP contribution in [0.4, 0.5) is 0 Å². The molecule has 2 aromatic rings. The molecule has 1 aliphatic rings. The lowest BCUT2D eigenvalue weighted by Crippen LogP contribution is -2.42. The molecule has 1 aromatic carbocycles. The van der Waals surface area contributed by atoms with Crippen LogP contribution in [0.25, 0.3) is 0 Å². The van der Waals surface area contributed by atoms with Crippen LogP contribution in [0.15, 0.2) is 40.3 Å². The lowest BCUT2D eigenvalue weighted by Gasteiger charge is -2.30. The molecule has 0 radical (unpaired) electrons. The maximum atomic E-state index is 12.9. The van der Waals surface area contributed by atoms with Crippen LogP contribution in [0, 0.1) is 19.8 Å². The number of carbonyl (C=O) groups excluding carboxylic acids is 1. The Balaban J connectivity index is 1.53. The molecule has 1 N–H and O–H groups in total. The first kappa shape index (κ1) is 25.9. The first-order valence-electron chi connectivity index (χ1n) is 11.5. The van der Waals surface area contributed by atoms with Crippen molar-refractivity contribution in [3.63, 3.8) is 0 Å². The highest BCUT2D eigenvalue weighted by atomic mass is 32.2. The van der Waals surface area contributed by atoms with Crippen LogP contribution in [0.5, 0.6) is 5.75 Å². The minimum absolute atomic E-state index is 0.192. The van der Waals surface area contributed by atoms with Gasteiger partial charge in [0.05, 0.1) is 24.3 Å². The van der Waals surface area contributed by atoms with Gasteiger partial charge in [0.25, 0.3) is 0 Å². The molecule has 0 aliphatic carbocycles. The highest BCUT2D eigenvalue weighted by Crippen LogP contribution is 2.25. The normalized spacial score (nSPS) is 15.6. The summed E-state index contributed by atoms with van der Waals surface area (Å²) in [6, 6.07) is 8.44. The number of piperidine rings is 1. The average molecular weight is 491 g/mol. The Hall–Kier alpha value is -2.69. The molecule has 0 saturated carbocycles. The second kappa shape index (κ2) is 11.6. The third kappa shape index (κ3) is 6.05. The summed E-state index contributed by atoms with van der Waals surface area (Å²) in [5.74, 6) is 0.162. The fraction of sp³-hybridized carbons (Fsp3) is 0.500. The number of sulfonamides is 1. The Bertz CT molecular complexity index is 1100. The van der Waals surface area contributed by atoms with E-state index in [1.165, 1.54) is 4.31 Å². The van der Waals surface area contributed by atoms with Crippen LogP contribution in [0.3, 0.4) is 0 Å². The van der Waals surface area contributed by atoms with Crippen molar-refractivity contribution >= 4 is 22.1 Å². The van der Waals surface area contributed by atoms with Crippen molar-refractivity contribution in [1.82, 2.24) is 14.3 Å². The van der Waals surface area contributed by atoms with Crippen LogP contribution >= 0.6 is 0 Å². The summed E-state index contributed by atoms with van der Waals surface area (Å²) >= 11 is 0. The van der Waals surface area contributed by atoms with E-state index in [1.54, 1.807) is 37.6 Å². The van der Waals surface area contributed by atoms with E-state index in [0.717, 1.165) is 23.5 Å². The zero-order valence-corrected chi connectivity index (χ0v) is 21.1. The monoisotopic (exact) mass is 490 g/mol. The molecule has 2 heterocycles. The maximum absolute atomic E-state index is 12.9. The van der Waals surface area contributed by atoms with Crippen LogP contribution < -0.4 is 10.2 Å². The van der Waals surface area contributed by atoms with Gasteiger partial charge in [-0.1, -0.05) is 0 Å². The number of nitrogens with zero attached hydrogens (tertiary/aromatic N) is 3. The number of methoxy groups -OCH3 is 1. The number of aromatic nitrogens is 1. The van der Waals surface area contributed by atoms with Gasteiger partial charge in [-0.25, -0.2) is 13.8 Å². The van der Waals surface area contributed by atoms with Gasteiger partial charge in [0.1, 0.15) is 5.75 Å². The van der Waals surface area contributed by atoms with Crippen molar-refractivity contribution in [3.8, 4) is 5.75 Å². The molecule has 1 aliphatic heterocycles. The average Bonchev–Trinajstić information content (AvgIpc) is 3.10. The Morgan fingerprint density at radius 1 is 1.21 bits per heavy atom. The van der Waals surface area contributed by atoms with Gasteiger partial charge < -0.3 is 14.0 Å². The Morgan fingerprint density at radius 3 is 2.50 bits per heavy atom. The highest BCUT2D eigenvalue weighted by Gasteiger charge is 2.32. The predicted octanol–water partition coefficient (Wildman–Crippen LogP) is 2.70. The summed E-state index contributed by atoms with van der Waals surface area (Å²) in [4.78, 5) is 12.8. The lowest BCUT2D eigenvalue weighted by atomic mass is 9.98. The summed E-state index contributed by atoms with van der Waals surface area (Å²) in [6.45, 7) is 8.38. The third-order valence-electron chi connectivity index (χ3n) is 6.11. The Morgan fingerprint density at radius 2 is 1.88 bits per heavy atom. The Labute approximate surface area is 201 Å². The maximum Gasteiger partial charge on any atom is 0.243 e. The number of nitrogens with one attached hydrogen (secondary N) is 1. The van der Waals surface area contributed by atoms with Crippen LogP contribution in [0.2, 0.25) is 0 Å². The summed E-state index contributed by atoms with van der Waals surface area (Å²) in [5.41, 5.74) is 5.71. The van der Waals surface area contributed by atoms with Crippen molar-refractivity contribution in [2.75, 3.05) is 33.4 Å². The van der Waals surface area contributed by atoms with Crippen molar-refractivity contribution < 1.29 is 22.7 Å². The van der Waals surface area contributed by atoms with Gasteiger partial charge in [0.15, 0.2) is 0 Å². The number of hydrogen-bond acceptors (Lipinski definition) is 6. The summed E-state index contributed by atoms with van der Waals surface area (Å²) in [7, 11) is -1.93. The summed E-state index contributed by atoms with van der Waals surface area (Å²) in [6.07, 6.45) is 2.54. The van der Waals surface area contributed by atoms with Gasteiger partial charge in [-0.2, -0.15) is 9.41 Å². The molecule has 1 aromatic heterocycles. The Kier molecular flexibility index (Phi) is 8.87. The first-order valence-corrected chi connectivity index (χ1v) is 12.9. The van der Waals surface area contributed by atoms with Crippen LogP contribution in [-0.4, -0.2) is 62.8 Å². The molecule has 186 valence electrons. The number of ether oxygens (including phenoxy) is 2. The molecule has 10 heteroatoms. The van der Waals surface area contributed by atoms with E-state index in [1.807, 2.05) is 26.8 Å². The molecule has 9 nitrogen and oxygen atoms in total. The molecular formula is C24H34N4O5S. The van der Waals surface area contributed by atoms with Gasteiger partial charge >= 0.3 is 0 Å². The van der Waals surface area contributed by atoms with Crippen LogP contribution in [-0.2, 0) is 26.1 Å². The van der Waals surface area contributed by atoms with Crippen molar-refractivity contribution in [1.29, 1.82) is 0 Å². The van der Waals surface area contributed by atoms with E-state index >= 15 is 0 Å². The molecule has 0 spiro atoms. The van der Waals surface area contributed by atoms with Gasteiger partial charge in [-0.15, -0.1) is 0 Å². The molecule has 0 bridgehead atoms. The molecular weight excluding hydrogens is 456 g/mol. The number of carbonyl (C=O) groups is 1. The molecule has 3 rings (SSSR count). The third-order valence-corrected chi connectivity index (χ3v) is 8.02. The second-order valence-corrected chi connectivity index (χ2v) is 10.2. The number of benzene rings is 1. The number of rotatable bonds is 10. The van der Waals surface area contributed by atoms with Crippen molar-refractivity contribution in [2.45, 2.75) is 45.1 Å². The van der Waals surface area contributed by atoms with E-state index in [4.69, 9.17) is 9.47 Å². The minimum Gasteiger partial charge on any atom is -0.494 e. The van der Waals surface area contributed by atoms with E-state index in [0.29, 0.717) is 31.8 Å². The highest BCUT2D eigenvalue weighted by molar-refractivity contribution is 7.89. The number of aryl methyl sites for hydroxylation is 1. The van der Waals surface area contributed by atoms with E-state index in [9.17, 15) is 13.2 Å². The number of hydrogen-bond donors (Lipinski definition) is 1. The predicted molar refractivity (Wildman–Crippen MR) is 131 cm³/mol. The fourth-order valence-electron chi connectivity index (χ4n) is 4.12. The van der Waals surface area contributed by atoms with E-state index < -0.39 is 10.0 Å². The van der Waals surface area contributed by atoms with Crippen LogP contribution in [0.1, 0.15) is 36.7 Å². The van der Waals surface area contributed by atoms with Gasteiger partial charge in [0, 0.05) is 49.6 Å². The van der Waals surface area contributed by atoms with E-state index in [-0.39, 0.29) is 29.8 Å². The molecule has 1 saturated heterocycles. The molecule has 0 unspecified atom stereocenters. The molecule has 34 heavy (non-hydrogen) atoms. The largest absolute Gasteiger partial charge is 0.494 e. The topological polar surface area (TPSA) is 102 Å². The molecule has 1 fully saturated rings. The lowest BCUT2D eigenvalue weighted by molar-refractivity contribution is -0.126. The standard InChI is InChI=1S/C24H34N4O5S/c1-5-33-22-6-8-23(9-7-22)34(30,31)27-12-10-20(11-13-27)24(29)26-25-17-21-16-18(2)28(19(21)3)14-15-32-4/h6-9,16-17,20H,5,10-15H2,1-4H3,(H,26,29)/b25-17-. The molecule has 0 atom stereocenters. The van der Waals surface area contributed by atoms with Gasteiger partial charge in [-0.3, -0.25) is 4.79 Å². The minimum atomic E-state index is -3.60. The fourth-order valence-corrected chi connectivity index (χ4v) is 5.59. The summed E-state index contributed by atoms with van der Waals surface area (Å²) in [5, 5.41) is 4.14. The number of amides is 1. The SMILES string of the molecule is CCOc1ccc(S(=O)(=O)N2CCC(C(=O)N/N=C\c3cc(C)n(CCOC)c3C)CC2)cc1. The molecule has 1 amide bonds. The quantitative estimate of drug-likeness (QED) is 0.408. The first-order chi connectivity index (χ1) is 16.3. The zero-order chi connectivity index (χ0) is 24.7. The van der Waals surface area contributed by atoms with Gasteiger partial charge in [-0.05, 0) is 63.9 Å².